The third-order valence-corrected chi connectivity index (χ3v) is 8.53. The van der Waals surface area contributed by atoms with E-state index >= 15 is 0 Å². The van der Waals surface area contributed by atoms with Gasteiger partial charge in [0.2, 0.25) is 10.0 Å². The number of ether oxygens (including phenoxy) is 1. The number of halogens is 5. The molecule has 1 aliphatic rings. The number of nitrogens with zero attached hydrogens (tertiary/aromatic N) is 2. The average Bonchev–Trinajstić information content (AvgIpc) is 3.17. The summed E-state index contributed by atoms with van der Waals surface area (Å²) in [6, 6.07) is 3.98. The number of nitrogens with two attached hydrogens (primary N) is 1. The Morgan fingerprint density at radius 1 is 1.23 bits per heavy atom. The maximum Gasteiger partial charge on any atom is 0.391 e. The van der Waals surface area contributed by atoms with Gasteiger partial charge < -0.3 is 10.1 Å². The number of benzene rings is 1. The quantitative estimate of drug-likeness (QED) is 0.392. The highest BCUT2D eigenvalue weighted by Crippen LogP contribution is 2.37. The molecule has 0 bridgehead atoms. The number of hydrogen-bond acceptors (Lipinski definition) is 5. The molecule has 2 aromatic rings. The molecule has 1 saturated carbocycles. The van der Waals surface area contributed by atoms with Gasteiger partial charge >= 0.3 is 12.8 Å². The molecule has 39 heavy (non-hydrogen) atoms. The first-order valence-corrected chi connectivity index (χ1v) is 14.2. The Labute approximate surface area is 224 Å². The van der Waals surface area contributed by atoms with E-state index in [2.05, 4.69) is 15.2 Å². The van der Waals surface area contributed by atoms with Crippen LogP contribution in [-0.4, -0.2) is 48.7 Å². The summed E-state index contributed by atoms with van der Waals surface area (Å²) in [5, 5.41) is 11.8. The first-order chi connectivity index (χ1) is 18.1. The van der Waals surface area contributed by atoms with Crippen LogP contribution in [0.25, 0.3) is 11.3 Å². The van der Waals surface area contributed by atoms with E-state index in [-0.39, 0.29) is 35.0 Å². The summed E-state index contributed by atoms with van der Waals surface area (Å²) in [6.07, 6.45) is -2.85. The SMILES string of the molecule is CCn1nc(C(=O)NCC2CCC(S(N)(=O)=O)CC2)c(C)c1-c1ccc(C[C@H](C)C(F)(F)F)cc1OC(F)F. The summed E-state index contributed by atoms with van der Waals surface area (Å²) < 4.78 is 94.9. The van der Waals surface area contributed by atoms with Crippen molar-refractivity contribution in [2.24, 2.45) is 17.0 Å². The van der Waals surface area contributed by atoms with E-state index in [0.717, 1.165) is 13.0 Å². The van der Waals surface area contributed by atoms with Gasteiger partial charge in [0.15, 0.2) is 5.69 Å². The molecule has 14 heteroatoms. The lowest BCUT2D eigenvalue weighted by Crippen LogP contribution is -2.36. The Hall–Kier alpha value is -2.74. The fourth-order valence-electron chi connectivity index (χ4n) is 4.87. The van der Waals surface area contributed by atoms with Gasteiger partial charge in [-0.25, -0.2) is 13.6 Å². The van der Waals surface area contributed by atoms with Gasteiger partial charge in [0, 0.05) is 24.2 Å². The Balaban J connectivity index is 1.83. The first kappa shape index (κ1) is 30.8. The van der Waals surface area contributed by atoms with Crippen LogP contribution in [0.15, 0.2) is 18.2 Å². The largest absolute Gasteiger partial charge is 0.434 e. The second kappa shape index (κ2) is 12.2. The first-order valence-electron chi connectivity index (χ1n) is 12.6. The molecular formula is C25H33F5N4O4S. The van der Waals surface area contributed by atoms with Gasteiger partial charge in [-0.05, 0) is 69.6 Å². The predicted molar refractivity (Wildman–Crippen MR) is 135 cm³/mol. The molecule has 3 rings (SSSR count). The zero-order valence-corrected chi connectivity index (χ0v) is 22.7. The normalized spacial score (nSPS) is 19.2. The van der Waals surface area contributed by atoms with Gasteiger partial charge in [-0.2, -0.15) is 27.1 Å². The van der Waals surface area contributed by atoms with Crippen LogP contribution in [0, 0.1) is 18.8 Å². The third kappa shape index (κ3) is 7.68. The van der Waals surface area contributed by atoms with Gasteiger partial charge in [-0.3, -0.25) is 9.48 Å². The van der Waals surface area contributed by atoms with Gasteiger partial charge in [-0.15, -0.1) is 0 Å². The Morgan fingerprint density at radius 2 is 1.87 bits per heavy atom. The lowest BCUT2D eigenvalue weighted by Gasteiger charge is -2.27. The van der Waals surface area contributed by atoms with Crippen LogP contribution in [0.1, 0.15) is 61.1 Å². The molecule has 1 aliphatic carbocycles. The maximum absolute atomic E-state index is 13.3. The van der Waals surface area contributed by atoms with Crippen molar-refractivity contribution in [3.05, 3.63) is 35.0 Å². The zero-order valence-electron chi connectivity index (χ0n) is 21.9. The van der Waals surface area contributed by atoms with E-state index in [4.69, 9.17) is 5.14 Å². The fraction of sp³-hybridized carbons (Fsp3) is 0.600. The van der Waals surface area contributed by atoms with Crippen LogP contribution in [0.2, 0.25) is 0 Å². The molecule has 8 nitrogen and oxygen atoms in total. The van der Waals surface area contributed by atoms with E-state index in [1.165, 1.54) is 16.8 Å². The molecule has 1 heterocycles. The molecule has 0 unspecified atom stereocenters. The number of sulfonamides is 1. The Bertz CT molecular complexity index is 1270. The number of carbonyl (C=O) groups excluding carboxylic acids is 1. The van der Waals surface area contributed by atoms with Crippen LogP contribution in [0.5, 0.6) is 5.75 Å². The molecule has 1 atom stereocenters. The van der Waals surface area contributed by atoms with E-state index in [9.17, 15) is 35.2 Å². The molecule has 0 saturated heterocycles. The number of alkyl halides is 5. The second-order valence-electron chi connectivity index (χ2n) is 9.94. The van der Waals surface area contributed by atoms with Crippen molar-refractivity contribution in [3.63, 3.8) is 0 Å². The van der Waals surface area contributed by atoms with E-state index < -0.39 is 46.3 Å². The van der Waals surface area contributed by atoms with Crippen LogP contribution >= 0.6 is 0 Å². The summed E-state index contributed by atoms with van der Waals surface area (Å²) in [5.41, 5.74) is 1.15. The minimum atomic E-state index is -4.44. The third-order valence-electron chi connectivity index (χ3n) is 7.13. The van der Waals surface area contributed by atoms with Crippen molar-refractivity contribution in [1.29, 1.82) is 0 Å². The molecule has 0 spiro atoms. The van der Waals surface area contributed by atoms with Gasteiger partial charge in [0.05, 0.1) is 16.9 Å². The molecule has 218 valence electrons. The Morgan fingerprint density at radius 3 is 2.41 bits per heavy atom. The number of amides is 1. The fourth-order valence-corrected chi connectivity index (χ4v) is 5.80. The zero-order chi connectivity index (χ0) is 29.1. The average molecular weight is 581 g/mol. The lowest BCUT2D eigenvalue weighted by molar-refractivity contribution is -0.169. The monoisotopic (exact) mass is 580 g/mol. The number of carbonyl (C=O) groups is 1. The minimum Gasteiger partial charge on any atom is -0.434 e. The summed E-state index contributed by atoms with van der Waals surface area (Å²) in [4.78, 5) is 13.0. The second-order valence-corrected chi connectivity index (χ2v) is 11.8. The minimum absolute atomic E-state index is 0.0673. The van der Waals surface area contributed by atoms with E-state index in [1.54, 1.807) is 13.8 Å². The van der Waals surface area contributed by atoms with Gasteiger partial charge in [-0.1, -0.05) is 13.0 Å². The number of aromatic nitrogens is 2. The molecule has 1 fully saturated rings. The summed E-state index contributed by atoms with van der Waals surface area (Å²) in [5.74, 6) is -2.41. The predicted octanol–water partition coefficient (Wildman–Crippen LogP) is 4.80. The summed E-state index contributed by atoms with van der Waals surface area (Å²) in [6.45, 7) is 1.72. The van der Waals surface area contributed by atoms with Crippen LogP contribution in [0.4, 0.5) is 22.0 Å². The van der Waals surface area contributed by atoms with Crippen molar-refractivity contribution in [2.75, 3.05) is 6.54 Å². The molecule has 1 aromatic carbocycles. The number of hydrogen-bond donors (Lipinski definition) is 2. The smallest absolute Gasteiger partial charge is 0.391 e. The summed E-state index contributed by atoms with van der Waals surface area (Å²) in [7, 11) is -3.59. The molecule has 3 N–H and O–H groups in total. The van der Waals surface area contributed by atoms with Crippen LogP contribution < -0.4 is 15.2 Å². The van der Waals surface area contributed by atoms with Crippen molar-refractivity contribution in [3.8, 4) is 17.0 Å². The lowest BCUT2D eigenvalue weighted by atomic mass is 9.89. The van der Waals surface area contributed by atoms with Crippen molar-refractivity contribution < 1.29 is 39.9 Å². The van der Waals surface area contributed by atoms with E-state index in [1.807, 2.05) is 0 Å². The van der Waals surface area contributed by atoms with Crippen LogP contribution in [-0.2, 0) is 23.0 Å². The number of rotatable bonds is 10. The Kier molecular flexibility index (Phi) is 9.63. The highest BCUT2D eigenvalue weighted by molar-refractivity contribution is 7.89. The highest BCUT2D eigenvalue weighted by atomic mass is 32.2. The van der Waals surface area contributed by atoms with Crippen LogP contribution in [0.3, 0.4) is 0 Å². The number of nitrogens with one attached hydrogen (secondary N) is 1. The molecule has 0 aliphatic heterocycles. The molecule has 1 aromatic heterocycles. The topological polar surface area (TPSA) is 116 Å². The molecule has 0 radical (unpaired) electrons. The van der Waals surface area contributed by atoms with Crippen molar-refractivity contribution in [1.82, 2.24) is 15.1 Å². The van der Waals surface area contributed by atoms with Gasteiger partial charge in [0.1, 0.15) is 5.75 Å². The highest BCUT2D eigenvalue weighted by Gasteiger charge is 2.36. The number of primary sulfonamides is 1. The molecular weight excluding hydrogens is 547 g/mol. The summed E-state index contributed by atoms with van der Waals surface area (Å²) >= 11 is 0. The molecule has 1 amide bonds. The van der Waals surface area contributed by atoms with E-state index in [0.29, 0.717) is 43.5 Å². The van der Waals surface area contributed by atoms with Crippen molar-refractivity contribution >= 4 is 15.9 Å². The number of aryl methyl sites for hydroxylation is 1. The standard InChI is InChI=1S/C25H33F5N4O4S/c1-4-34-22(19-10-7-17(11-14(2)25(28,29)30)12-20(19)38-24(26)27)15(3)21(33-34)23(35)32-13-16-5-8-18(9-6-16)39(31,36)37/h7,10,12,14,16,18,24H,4-6,8-9,11,13H2,1-3H3,(H,32,35)(H2,31,36,37)/t14-,16?,18?/m0/s1. The maximum atomic E-state index is 13.3. The van der Waals surface area contributed by atoms with Gasteiger partial charge in [0.25, 0.3) is 5.91 Å². The van der Waals surface area contributed by atoms with Crippen molar-refractivity contribution in [2.45, 2.75) is 77.5 Å².